The Morgan fingerprint density at radius 2 is 2.35 bits per heavy atom. The van der Waals surface area contributed by atoms with Crippen LogP contribution in [0, 0.1) is 0 Å². The minimum absolute atomic E-state index is 0.0953. The van der Waals surface area contributed by atoms with Crippen LogP contribution in [-0.2, 0) is 7.05 Å². The fourth-order valence-electron chi connectivity index (χ4n) is 1.51. The molecule has 7 heteroatoms. The molecule has 2 aromatic rings. The zero-order chi connectivity index (χ0) is 11.8. The zero-order valence-electron chi connectivity index (χ0n) is 9.70. The molecule has 3 rings (SSSR count). The minimum Gasteiger partial charge on any atom is -0.338 e. The zero-order valence-corrected chi connectivity index (χ0v) is 10.5. The van der Waals surface area contributed by atoms with E-state index in [1.807, 2.05) is 18.5 Å². The smallest absolute Gasteiger partial charge is 0.239 e. The summed E-state index contributed by atoms with van der Waals surface area (Å²) in [5, 5.41) is 12.8. The van der Waals surface area contributed by atoms with Gasteiger partial charge in [-0.25, -0.2) is 0 Å². The highest BCUT2D eigenvalue weighted by Crippen LogP contribution is 2.39. The predicted octanol–water partition coefficient (Wildman–Crippen LogP) is 1.93. The third kappa shape index (κ3) is 2.19. The first-order valence-electron chi connectivity index (χ1n) is 5.58. The van der Waals surface area contributed by atoms with Crippen molar-refractivity contribution in [3.05, 3.63) is 18.0 Å². The maximum Gasteiger partial charge on any atom is 0.239 e. The summed E-state index contributed by atoms with van der Waals surface area (Å²) >= 11 is 1.57. The molecular formula is C10H13N5OS. The lowest BCUT2D eigenvalue weighted by Crippen LogP contribution is -1.94. The van der Waals surface area contributed by atoms with Crippen LogP contribution < -0.4 is 0 Å². The number of rotatable bonds is 4. The van der Waals surface area contributed by atoms with Crippen LogP contribution in [0.15, 0.2) is 16.0 Å². The lowest BCUT2D eigenvalue weighted by atomic mass is 10.4. The van der Waals surface area contributed by atoms with E-state index in [0.29, 0.717) is 11.8 Å². The van der Waals surface area contributed by atoms with Gasteiger partial charge in [0.05, 0.1) is 5.25 Å². The SMILES string of the molecule is C[C@H](Sc1nncn1C)c1nc(C2CC2)no1. The van der Waals surface area contributed by atoms with Crippen molar-refractivity contribution in [1.82, 2.24) is 24.9 Å². The summed E-state index contributed by atoms with van der Waals surface area (Å²) in [6.07, 6.45) is 4.05. The summed E-state index contributed by atoms with van der Waals surface area (Å²) in [5.41, 5.74) is 0. The standard InChI is InChI=1S/C10H13N5OS/c1-6(17-10-13-11-5-15(10)2)9-12-8(14-16-9)7-3-4-7/h5-7H,3-4H2,1-2H3/t6-/m0/s1. The van der Waals surface area contributed by atoms with Gasteiger partial charge in [-0.15, -0.1) is 10.2 Å². The minimum atomic E-state index is 0.0953. The first-order chi connectivity index (χ1) is 8.24. The molecule has 0 amide bonds. The molecule has 1 atom stereocenters. The summed E-state index contributed by atoms with van der Waals surface area (Å²) in [7, 11) is 1.92. The van der Waals surface area contributed by atoms with Crippen LogP contribution in [-0.4, -0.2) is 24.9 Å². The number of aromatic nitrogens is 5. The lowest BCUT2D eigenvalue weighted by molar-refractivity contribution is 0.374. The predicted molar refractivity (Wildman–Crippen MR) is 61.5 cm³/mol. The molecule has 0 N–H and O–H groups in total. The van der Waals surface area contributed by atoms with Crippen LogP contribution in [0.25, 0.3) is 0 Å². The Hall–Kier alpha value is -1.37. The van der Waals surface area contributed by atoms with Crippen LogP contribution in [0.5, 0.6) is 0 Å². The van der Waals surface area contributed by atoms with Gasteiger partial charge in [0.1, 0.15) is 6.33 Å². The number of thioether (sulfide) groups is 1. The van der Waals surface area contributed by atoms with Crippen molar-refractivity contribution in [2.45, 2.75) is 36.1 Å². The van der Waals surface area contributed by atoms with Gasteiger partial charge in [0.2, 0.25) is 5.89 Å². The van der Waals surface area contributed by atoms with Gasteiger partial charge >= 0.3 is 0 Å². The van der Waals surface area contributed by atoms with E-state index in [4.69, 9.17) is 4.52 Å². The van der Waals surface area contributed by atoms with Crippen molar-refractivity contribution in [2.24, 2.45) is 7.05 Å². The molecule has 6 nitrogen and oxygen atoms in total. The average Bonchev–Trinajstić information content (AvgIpc) is 2.91. The molecule has 0 aromatic carbocycles. The molecule has 1 aliphatic rings. The lowest BCUT2D eigenvalue weighted by Gasteiger charge is -2.04. The molecule has 2 aromatic heterocycles. The normalized spacial score (nSPS) is 17.3. The van der Waals surface area contributed by atoms with Crippen LogP contribution in [0.1, 0.15) is 42.6 Å². The van der Waals surface area contributed by atoms with Crippen molar-refractivity contribution >= 4 is 11.8 Å². The maximum absolute atomic E-state index is 5.28. The van der Waals surface area contributed by atoms with E-state index in [9.17, 15) is 0 Å². The Morgan fingerprint density at radius 3 is 3.00 bits per heavy atom. The van der Waals surface area contributed by atoms with Crippen LogP contribution in [0.4, 0.5) is 0 Å². The Balaban J connectivity index is 1.72. The molecule has 2 heterocycles. The van der Waals surface area contributed by atoms with Crippen LogP contribution >= 0.6 is 11.8 Å². The van der Waals surface area contributed by atoms with E-state index >= 15 is 0 Å². The Labute approximate surface area is 103 Å². The summed E-state index contributed by atoms with van der Waals surface area (Å²) in [4.78, 5) is 4.43. The highest BCUT2D eigenvalue weighted by Gasteiger charge is 2.29. The molecule has 0 saturated heterocycles. The van der Waals surface area contributed by atoms with Crippen molar-refractivity contribution in [2.75, 3.05) is 0 Å². The second kappa shape index (κ2) is 4.14. The Bertz CT molecular complexity index is 518. The fourth-order valence-corrected chi connectivity index (χ4v) is 2.33. The van der Waals surface area contributed by atoms with Crippen molar-refractivity contribution < 1.29 is 4.52 Å². The first kappa shape index (κ1) is 10.8. The van der Waals surface area contributed by atoms with E-state index in [2.05, 4.69) is 20.3 Å². The Kier molecular flexibility index (Phi) is 2.62. The summed E-state index contributed by atoms with van der Waals surface area (Å²) in [6, 6.07) is 0. The monoisotopic (exact) mass is 251 g/mol. The molecule has 1 fully saturated rings. The van der Waals surface area contributed by atoms with Crippen LogP contribution in [0.2, 0.25) is 0 Å². The summed E-state index contributed by atoms with van der Waals surface area (Å²) in [6.45, 7) is 2.03. The van der Waals surface area contributed by atoms with Crippen molar-refractivity contribution in [1.29, 1.82) is 0 Å². The molecule has 0 unspecified atom stereocenters. The van der Waals surface area contributed by atoms with Gasteiger partial charge in [-0.3, -0.25) is 0 Å². The second-order valence-electron chi connectivity index (χ2n) is 4.25. The van der Waals surface area contributed by atoms with E-state index in [1.54, 1.807) is 18.1 Å². The maximum atomic E-state index is 5.28. The third-order valence-electron chi connectivity index (χ3n) is 2.70. The van der Waals surface area contributed by atoms with Gasteiger partial charge in [-0.2, -0.15) is 4.98 Å². The molecule has 0 bridgehead atoms. The molecular weight excluding hydrogens is 238 g/mol. The van der Waals surface area contributed by atoms with Gasteiger partial charge in [0.25, 0.3) is 0 Å². The summed E-state index contributed by atoms with van der Waals surface area (Å²) < 4.78 is 7.15. The fraction of sp³-hybridized carbons (Fsp3) is 0.600. The molecule has 1 saturated carbocycles. The van der Waals surface area contributed by atoms with E-state index in [0.717, 1.165) is 11.0 Å². The topological polar surface area (TPSA) is 69.6 Å². The van der Waals surface area contributed by atoms with Crippen molar-refractivity contribution in [3.8, 4) is 0 Å². The van der Waals surface area contributed by atoms with Gasteiger partial charge in [0.15, 0.2) is 11.0 Å². The summed E-state index contributed by atoms with van der Waals surface area (Å²) in [5.74, 6) is 2.05. The third-order valence-corrected chi connectivity index (χ3v) is 3.84. The number of hydrogen-bond donors (Lipinski definition) is 0. The van der Waals surface area contributed by atoms with Crippen LogP contribution in [0.3, 0.4) is 0 Å². The van der Waals surface area contributed by atoms with E-state index in [-0.39, 0.29) is 5.25 Å². The van der Waals surface area contributed by atoms with Crippen molar-refractivity contribution in [3.63, 3.8) is 0 Å². The molecule has 1 aliphatic carbocycles. The number of hydrogen-bond acceptors (Lipinski definition) is 6. The number of aryl methyl sites for hydroxylation is 1. The molecule has 0 radical (unpaired) electrons. The van der Waals surface area contributed by atoms with Gasteiger partial charge in [-0.05, 0) is 19.8 Å². The largest absolute Gasteiger partial charge is 0.338 e. The highest BCUT2D eigenvalue weighted by molar-refractivity contribution is 7.99. The van der Waals surface area contributed by atoms with Gasteiger partial charge in [-0.1, -0.05) is 16.9 Å². The molecule has 0 spiro atoms. The van der Waals surface area contributed by atoms with Gasteiger partial charge < -0.3 is 9.09 Å². The van der Waals surface area contributed by atoms with E-state index in [1.165, 1.54) is 12.8 Å². The molecule has 0 aliphatic heterocycles. The highest BCUT2D eigenvalue weighted by atomic mass is 32.2. The molecule has 90 valence electrons. The van der Waals surface area contributed by atoms with Gasteiger partial charge in [0, 0.05) is 13.0 Å². The second-order valence-corrected chi connectivity index (χ2v) is 5.56. The van der Waals surface area contributed by atoms with E-state index < -0.39 is 0 Å². The Morgan fingerprint density at radius 1 is 1.53 bits per heavy atom. The quantitative estimate of drug-likeness (QED) is 0.773. The molecule has 17 heavy (non-hydrogen) atoms. The first-order valence-corrected chi connectivity index (χ1v) is 6.46. The number of nitrogens with zero attached hydrogens (tertiary/aromatic N) is 5. The average molecular weight is 251 g/mol.